The third-order valence-electron chi connectivity index (χ3n) is 7.96. The number of nitrogens with zero attached hydrogens (tertiary/aromatic N) is 2. The van der Waals surface area contributed by atoms with Crippen LogP contribution in [0, 0.1) is 11.8 Å². The van der Waals surface area contributed by atoms with Gasteiger partial charge in [-0.15, -0.1) is 0 Å². The molecular formula is C27H34N4O9. The zero-order valence-corrected chi connectivity index (χ0v) is 22.9. The Morgan fingerprint density at radius 3 is 2.38 bits per heavy atom. The number of amides is 2. The monoisotopic (exact) mass is 558 g/mol. The Bertz CT molecular complexity index is 1380. The average molecular weight is 559 g/mol. The summed E-state index contributed by atoms with van der Waals surface area (Å²) in [7, 11) is 6.60. The van der Waals surface area contributed by atoms with Crippen molar-refractivity contribution in [2.45, 2.75) is 38.0 Å². The van der Waals surface area contributed by atoms with Gasteiger partial charge in [0.1, 0.15) is 22.8 Å². The molecule has 3 aliphatic rings. The van der Waals surface area contributed by atoms with Gasteiger partial charge < -0.3 is 41.1 Å². The summed E-state index contributed by atoms with van der Waals surface area (Å²) in [6.07, 6.45) is -0.563. The molecule has 1 fully saturated rings. The largest absolute Gasteiger partial charge is 0.508 e. The minimum atomic E-state index is -2.71. The summed E-state index contributed by atoms with van der Waals surface area (Å²) in [5.74, 6) is -7.17. The van der Waals surface area contributed by atoms with Crippen molar-refractivity contribution in [3.63, 3.8) is 0 Å². The summed E-state index contributed by atoms with van der Waals surface area (Å²) in [4.78, 5) is 54.4. The number of carbonyl (C=O) groups excluding carboxylic acids is 4. The molecule has 1 saturated carbocycles. The fourth-order valence-corrected chi connectivity index (χ4v) is 6.23. The zero-order valence-electron chi connectivity index (χ0n) is 22.9. The lowest BCUT2D eigenvalue weighted by Gasteiger charge is -2.50. The Hall–Kier alpha value is -4.10. The van der Waals surface area contributed by atoms with Crippen LogP contribution < -0.4 is 16.0 Å². The van der Waals surface area contributed by atoms with Crippen LogP contribution in [0.4, 0.5) is 10.5 Å². The van der Waals surface area contributed by atoms with E-state index >= 15 is 0 Å². The summed E-state index contributed by atoms with van der Waals surface area (Å²) < 4.78 is 4.87. The second kappa shape index (κ2) is 10.1. The van der Waals surface area contributed by atoms with Crippen LogP contribution in [0.2, 0.25) is 0 Å². The number of fused-ring (bicyclic) bond motifs is 3. The molecule has 216 valence electrons. The number of anilines is 1. The van der Waals surface area contributed by atoms with Crippen molar-refractivity contribution < 1.29 is 44.3 Å². The number of phenols is 1. The number of primary amides is 1. The molecular weight excluding hydrogens is 524 g/mol. The van der Waals surface area contributed by atoms with Crippen molar-refractivity contribution in [2.24, 2.45) is 17.6 Å². The standard InChI is InChI=1S/C27H34N4O9/c1-6-40-26(38)29-10-12-9-15(30(2)3)13-7-11-8-14-19(31(4)5)22(34)18(25(28)37)24(36)27(14,39)23(35)16(11)21(33)17(13)20(12)32/h9,11,14,19,32-33,36,39H,6-8,10H2,1-5H3,(H2,28,37)(H,29,38)/t11-,14-,19+,27-/m0/s1. The van der Waals surface area contributed by atoms with Gasteiger partial charge in [-0.1, -0.05) is 0 Å². The van der Waals surface area contributed by atoms with Crippen LogP contribution in [0.1, 0.15) is 30.0 Å². The number of benzene rings is 1. The fraction of sp³-hybridized carbons (Fsp3) is 0.481. The highest BCUT2D eigenvalue weighted by atomic mass is 16.5. The van der Waals surface area contributed by atoms with Crippen LogP contribution in [0.15, 0.2) is 23.0 Å². The van der Waals surface area contributed by atoms with Crippen LogP contribution in [-0.4, -0.2) is 95.3 Å². The third-order valence-corrected chi connectivity index (χ3v) is 7.96. The highest BCUT2D eigenvalue weighted by Gasteiger charge is 2.64. The summed E-state index contributed by atoms with van der Waals surface area (Å²) in [6, 6.07) is 0.496. The first-order valence-corrected chi connectivity index (χ1v) is 12.8. The minimum Gasteiger partial charge on any atom is -0.508 e. The van der Waals surface area contributed by atoms with Crippen molar-refractivity contribution in [2.75, 3.05) is 39.7 Å². The van der Waals surface area contributed by atoms with Gasteiger partial charge in [-0.25, -0.2) is 4.79 Å². The van der Waals surface area contributed by atoms with Crippen LogP contribution in [-0.2, 0) is 32.1 Å². The molecule has 3 aliphatic carbocycles. The molecule has 2 amide bonds. The first kappa shape index (κ1) is 28.9. The molecule has 0 unspecified atom stereocenters. The maximum absolute atomic E-state index is 14.0. The number of hydrogen-bond acceptors (Lipinski definition) is 11. The number of likely N-dealkylation sites (N-methyl/N-ethyl adjacent to an activating group) is 1. The molecule has 13 heteroatoms. The topological polar surface area (TPSA) is 203 Å². The van der Waals surface area contributed by atoms with Crippen molar-refractivity contribution >= 4 is 35.0 Å². The number of rotatable bonds is 6. The number of ketones is 2. The number of nitrogens with two attached hydrogens (primary N) is 1. The maximum atomic E-state index is 14.0. The van der Waals surface area contributed by atoms with Gasteiger partial charge in [0.2, 0.25) is 5.78 Å². The number of ether oxygens (including phenoxy) is 1. The molecule has 13 nitrogen and oxygen atoms in total. The van der Waals surface area contributed by atoms with E-state index in [0.29, 0.717) is 11.3 Å². The zero-order chi connectivity index (χ0) is 29.8. The van der Waals surface area contributed by atoms with Gasteiger partial charge in [0.15, 0.2) is 11.4 Å². The first-order valence-electron chi connectivity index (χ1n) is 12.8. The van der Waals surface area contributed by atoms with E-state index in [1.807, 2.05) is 0 Å². The molecule has 0 spiro atoms. The quantitative estimate of drug-likeness (QED) is 0.262. The lowest BCUT2D eigenvalue weighted by atomic mass is 9.57. The van der Waals surface area contributed by atoms with Crippen molar-refractivity contribution in [1.29, 1.82) is 0 Å². The smallest absolute Gasteiger partial charge is 0.407 e. The molecule has 0 bridgehead atoms. The molecule has 1 aromatic rings. The number of alkyl carbamates (subject to hydrolysis) is 1. The predicted octanol–water partition coefficient (Wildman–Crippen LogP) is 0.276. The van der Waals surface area contributed by atoms with Crippen LogP contribution in [0.3, 0.4) is 0 Å². The predicted molar refractivity (Wildman–Crippen MR) is 142 cm³/mol. The van der Waals surface area contributed by atoms with E-state index in [1.165, 1.54) is 4.90 Å². The molecule has 0 heterocycles. The highest BCUT2D eigenvalue weighted by molar-refractivity contribution is 6.24. The van der Waals surface area contributed by atoms with E-state index in [4.69, 9.17) is 10.5 Å². The summed E-state index contributed by atoms with van der Waals surface area (Å²) in [5.41, 5.74) is 2.83. The lowest BCUT2D eigenvalue weighted by Crippen LogP contribution is -2.65. The maximum Gasteiger partial charge on any atom is 0.407 e. The summed E-state index contributed by atoms with van der Waals surface area (Å²) in [6.45, 7) is 1.63. The Labute approximate surface area is 230 Å². The first-order chi connectivity index (χ1) is 18.7. The SMILES string of the molecule is CCOC(=O)NCc1cc(N(C)C)c2c(c1O)C(O)=C1C(=O)[C@]3(O)C(O)=C(C(N)=O)C(=O)[C@H](N(C)C)[C@@H]3C[C@@H]1C2. The van der Waals surface area contributed by atoms with Gasteiger partial charge in [0.05, 0.1) is 18.2 Å². The molecule has 0 radical (unpaired) electrons. The number of aliphatic hydroxyl groups is 3. The summed E-state index contributed by atoms with van der Waals surface area (Å²) in [5, 5.41) is 47.9. The molecule has 4 atom stereocenters. The average Bonchev–Trinajstić information content (AvgIpc) is 2.85. The van der Waals surface area contributed by atoms with Crippen molar-refractivity contribution in [3.8, 4) is 5.75 Å². The minimum absolute atomic E-state index is 0.00838. The number of aromatic hydroxyl groups is 1. The van der Waals surface area contributed by atoms with E-state index < -0.39 is 64.1 Å². The van der Waals surface area contributed by atoms with Crippen molar-refractivity contribution in [1.82, 2.24) is 10.2 Å². The van der Waals surface area contributed by atoms with Gasteiger partial charge in [-0.3, -0.25) is 19.3 Å². The number of hydrogen-bond donors (Lipinski definition) is 6. The van der Waals surface area contributed by atoms with Gasteiger partial charge >= 0.3 is 6.09 Å². The third kappa shape index (κ3) is 4.16. The fourth-order valence-electron chi connectivity index (χ4n) is 6.23. The Morgan fingerprint density at radius 2 is 1.82 bits per heavy atom. The van der Waals surface area contributed by atoms with Crippen molar-refractivity contribution in [3.05, 3.63) is 39.7 Å². The Morgan fingerprint density at radius 1 is 1.18 bits per heavy atom. The van der Waals surface area contributed by atoms with Gasteiger partial charge in [0, 0.05) is 43.4 Å². The normalized spacial score (nSPS) is 25.8. The molecule has 0 aliphatic heterocycles. The molecule has 0 saturated heterocycles. The van der Waals surface area contributed by atoms with Gasteiger partial charge in [0.25, 0.3) is 5.91 Å². The molecule has 7 N–H and O–H groups in total. The Balaban J connectivity index is 1.92. The second-order valence-corrected chi connectivity index (χ2v) is 10.7. The molecule has 40 heavy (non-hydrogen) atoms. The molecule has 1 aromatic carbocycles. The van der Waals surface area contributed by atoms with Crippen LogP contribution in [0.25, 0.3) is 5.76 Å². The number of phenolic OH excluding ortho intramolecular Hbond substituents is 1. The van der Waals surface area contributed by atoms with E-state index in [2.05, 4.69) is 5.32 Å². The van der Waals surface area contributed by atoms with E-state index in [0.717, 1.165) is 0 Å². The Kier molecular flexibility index (Phi) is 7.32. The van der Waals surface area contributed by atoms with E-state index in [1.54, 1.807) is 46.1 Å². The van der Waals surface area contributed by atoms with Crippen LogP contribution in [0.5, 0.6) is 5.75 Å². The molecule has 0 aromatic heterocycles. The van der Waals surface area contributed by atoms with Crippen LogP contribution >= 0.6 is 0 Å². The summed E-state index contributed by atoms with van der Waals surface area (Å²) >= 11 is 0. The highest BCUT2D eigenvalue weighted by Crippen LogP contribution is 2.54. The number of carbonyl (C=O) groups is 4. The van der Waals surface area contributed by atoms with Gasteiger partial charge in [-0.2, -0.15) is 0 Å². The van der Waals surface area contributed by atoms with Gasteiger partial charge in [-0.05, 0) is 51.4 Å². The lowest BCUT2D eigenvalue weighted by molar-refractivity contribution is -0.153. The number of nitrogens with one attached hydrogen (secondary N) is 1. The van der Waals surface area contributed by atoms with E-state index in [-0.39, 0.29) is 48.4 Å². The molecule has 4 rings (SSSR count). The number of Topliss-reactive ketones (excluding diaryl/α,β-unsaturated/α-hetero) is 2. The van der Waals surface area contributed by atoms with E-state index in [9.17, 15) is 39.6 Å². The number of aliphatic hydroxyl groups excluding tert-OH is 2. The second-order valence-electron chi connectivity index (χ2n) is 10.7.